The maximum absolute atomic E-state index is 13.4. The van der Waals surface area contributed by atoms with Crippen LogP contribution in [-0.4, -0.2) is 45.1 Å². The number of aromatic nitrogens is 4. The van der Waals surface area contributed by atoms with Crippen LogP contribution < -0.4 is 9.80 Å². The zero-order valence-electron chi connectivity index (χ0n) is 18.5. The molecule has 3 aliphatic rings. The van der Waals surface area contributed by atoms with Crippen molar-refractivity contribution in [3.05, 3.63) is 42.0 Å². The largest absolute Gasteiger partial charge is 0.355 e. The van der Waals surface area contributed by atoms with Gasteiger partial charge in [-0.3, -0.25) is 4.79 Å². The van der Waals surface area contributed by atoms with Crippen molar-refractivity contribution in [2.45, 2.75) is 57.9 Å². The number of fused-ring (bicyclic) bond motifs is 4. The lowest BCUT2D eigenvalue weighted by Gasteiger charge is -2.36. The summed E-state index contributed by atoms with van der Waals surface area (Å²) in [6.07, 6.45) is 10.2. The van der Waals surface area contributed by atoms with E-state index in [1.54, 1.807) is 6.33 Å². The molecule has 7 heteroatoms. The third-order valence-electron chi connectivity index (χ3n) is 7.39. The van der Waals surface area contributed by atoms with Crippen LogP contribution >= 0.6 is 0 Å². The van der Waals surface area contributed by atoms with Crippen LogP contribution in [0, 0.1) is 5.92 Å². The van der Waals surface area contributed by atoms with E-state index in [0.29, 0.717) is 5.91 Å². The number of anilines is 2. The Bertz CT molecular complexity index is 1150. The van der Waals surface area contributed by atoms with Crippen LogP contribution in [0.15, 0.2) is 30.6 Å². The summed E-state index contributed by atoms with van der Waals surface area (Å²) in [5, 5.41) is 0. The Kier molecular flexibility index (Phi) is 5.04. The summed E-state index contributed by atoms with van der Waals surface area (Å²) in [6.45, 7) is 3.50. The molecule has 1 amide bonds. The van der Waals surface area contributed by atoms with Crippen LogP contribution in [0.3, 0.4) is 0 Å². The van der Waals surface area contributed by atoms with Gasteiger partial charge in [-0.1, -0.05) is 24.6 Å². The van der Waals surface area contributed by atoms with Crippen molar-refractivity contribution < 1.29 is 4.79 Å². The number of carbonyl (C=O) groups is 1. The van der Waals surface area contributed by atoms with Gasteiger partial charge in [0.15, 0.2) is 17.0 Å². The molecule has 0 atom stereocenters. The molecule has 166 valence electrons. The Morgan fingerprint density at radius 3 is 2.69 bits per heavy atom. The summed E-state index contributed by atoms with van der Waals surface area (Å²) in [5.41, 5.74) is 4.31. The summed E-state index contributed by atoms with van der Waals surface area (Å²) in [7, 11) is 0. The number of benzene rings is 1. The Labute approximate surface area is 188 Å². The van der Waals surface area contributed by atoms with Crippen molar-refractivity contribution in [2.75, 3.05) is 29.4 Å². The molecule has 1 aromatic carbocycles. The van der Waals surface area contributed by atoms with Gasteiger partial charge in [0.05, 0.1) is 0 Å². The fourth-order valence-electron chi connectivity index (χ4n) is 5.68. The van der Waals surface area contributed by atoms with E-state index in [1.807, 2.05) is 11.0 Å². The Morgan fingerprint density at radius 2 is 1.78 bits per heavy atom. The number of piperidine rings is 1. The predicted molar refractivity (Wildman–Crippen MR) is 125 cm³/mol. The molecule has 0 bridgehead atoms. The summed E-state index contributed by atoms with van der Waals surface area (Å²) >= 11 is 0. The van der Waals surface area contributed by atoms with Gasteiger partial charge in [-0.2, -0.15) is 0 Å². The first kappa shape index (κ1) is 19.7. The molecule has 3 aromatic rings. The molecular weight excluding hydrogens is 400 g/mol. The van der Waals surface area contributed by atoms with Gasteiger partial charge in [0.2, 0.25) is 5.91 Å². The number of amides is 1. The van der Waals surface area contributed by atoms with Crippen LogP contribution in [0.4, 0.5) is 11.5 Å². The number of rotatable bonds is 2. The van der Waals surface area contributed by atoms with Gasteiger partial charge in [0.1, 0.15) is 12.2 Å². The SMILES string of the molecule is O=C(C1CCN(c2ncnc3c2nc2n3CCCCC2)CC1)N1CCCc2ccccc21. The van der Waals surface area contributed by atoms with Crippen molar-refractivity contribution in [3.8, 4) is 0 Å². The van der Waals surface area contributed by atoms with Crippen LogP contribution in [0.25, 0.3) is 11.2 Å². The van der Waals surface area contributed by atoms with E-state index < -0.39 is 0 Å². The summed E-state index contributed by atoms with van der Waals surface area (Å²) in [4.78, 5) is 31.9. The summed E-state index contributed by atoms with van der Waals surface area (Å²) < 4.78 is 2.29. The van der Waals surface area contributed by atoms with E-state index in [0.717, 1.165) is 86.8 Å². The second-order valence-electron chi connectivity index (χ2n) is 9.34. The van der Waals surface area contributed by atoms with Crippen molar-refractivity contribution in [1.82, 2.24) is 19.5 Å². The molecular formula is C25H30N6O. The highest BCUT2D eigenvalue weighted by Crippen LogP contribution is 2.32. The van der Waals surface area contributed by atoms with E-state index in [1.165, 1.54) is 24.8 Å². The molecule has 32 heavy (non-hydrogen) atoms. The highest BCUT2D eigenvalue weighted by molar-refractivity contribution is 5.96. The Hall–Kier alpha value is -2.96. The highest BCUT2D eigenvalue weighted by Gasteiger charge is 2.32. The van der Waals surface area contributed by atoms with Gasteiger partial charge in [0, 0.05) is 44.2 Å². The lowest BCUT2D eigenvalue weighted by molar-refractivity contribution is -0.123. The fourth-order valence-corrected chi connectivity index (χ4v) is 5.68. The second-order valence-corrected chi connectivity index (χ2v) is 9.34. The molecule has 1 fully saturated rings. The van der Waals surface area contributed by atoms with Crippen LogP contribution in [0.5, 0.6) is 0 Å². The smallest absolute Gasteiger partial charge is 0.230 e. The lowest BCUT2D eigenvalue weighted by atomic mass is 9.93. The second kappa shape index (κ2) is 8.19. The molecule has 5 heterocycles. The lowest BCUT2D eigenvalue weighted by Crippen LogP contribution is -2.44. The number of imidazole rings is 1. The van der Waals surface area contributed by atoms with Crippen molar-refractivity contribution in [1.29, 1.82) is 0 Å². The normalized spacial score (nSPS) is 19.5. The minimum atomic E-state index is 0.0773. The zero-order valence-corrected chi connectivity index (χ0v) is 18.5. The number of hydrogen-bond acceptors (Lipinski definition) is 5. The van der Waals surface area contributed by atoms with Crippen molar-refractivity contribution >= 4 is 28.6 Å². The Balaban J connectivity index is 1.20. The minimum absolute atomic E-state index is 0.0773. The number of hydrogen-bond donors (Lipinski definition) is 0. The molecule has 6 rings (SSSR count). The van der Waals surface area contributed by atoms with Crippen molar-refractivity contribution in [2.24, 2.45) is 5.92 Å². The molecule has 0 aliphatic carbocycles. The monoisotopic (exact) mass is 430 g/mol. The average Bonchev–Trinajstić information content (AvgIpc) is 3.04. The Morgan fingerprint density at radius 1 is 0.906 bits per heavy atom. The van der Waals surface area contributed by atoms with Gasteiger partial charge in [-0.15, -0.1) is 0 Å². The van der Waals surface area contributed by atoms with Gasteiger partial charge in [0.25, 0.3) is 0 Å². The minimum Gasteiger partial charge on any atom is -0.355 e. The molecule has 2 aromatic heterocycles. The molecule has 0 radical (unpaired) electrons. The maximum Gasteiger partial charge on any atom is 0.230 e. The highest BCUT2D eigenvalue weighted by atomic mass is 16.2. The van der Waals surface area contributed by atoms with Gasteiger partial charge in [-0.25, -0.2) is 15.0 Å². The number of nitrogens with zero attached hydrogens (tertiary/aromatic N) is 6. The maximum atomic E-state index is 13.4. The quantitative estimate of drug-likeness (QED) is 0.619. The van der Waals surface area contributed by atoms with E-state index in [2.05, 4.69) is 37.6 Å². The fraction of sp³-hybridized carbons (Fsp3) is 0.520. The first-order chi connectivity index (χ1) is 15.8. The third-order valence-corrected chi connectivity index (χ3v) is 7.39. The number of carbonyl (C=O) groups excluding carboxylic acids is 1. The van der Waals surface area contributed by atoms with Gasteiger partial charge >= 0.3 is 0 Å². The van der Waals surface area contributed by atoms with E-state index in [9.17, 15) is 4.79 Å². The van der Waals surface area contributed by atoms with Crippen LogP contribution in [-0.2, 0) is 24.2 Å². The molecule has 1 saturated heterocycles. The molecule has 0 saturated carbocycles. The van der Waals surface area contributed by atoms with E-state index in [-0.39, 0.29) is 5.92 Å². The van der Waals surface area contributed by atoms with Gasteiger partial charge < -0.3 is 14.4 Å². The first-order valence-corrected chi connectivity index (χ1v) is 12.1. The number of aryl methyl sites for hydroxylation is 3. The summed E-state index contributed by atoms with van der Waals surface area (Å²) in [5.74, 6) is 2.45. The van der Waals surface area contributed by atoms with Crippen LogP contribution in [0.2, 0.25) is 0 Å². The predicted octanol–water partition coefficient (Wildman–Crippen LogP) is 3.75. The first-order valence-electron chi connectivity index (χ1n) is 12.1. The van der Waals surface area contributed by atoms with Crippen molar-refractivity contribution in [3.63, 3.8) is 0 Å². The zero-order chi connectivity index (χ0) is 21.5. The molecule has 7 nitrogen and oxygen atoms in total. The van der Waals surface area contributed by atoms with Crippen LogP contribution in [0.1, 0.15) is 49.9 Å². The standard InChI is InChI=1S/C25H30N6O/c32-25(30-14-6-8-18-7-3-4-9-20(18)30)19-11-15-29(16-12-19)23-22-24(27-17-26-23)31-13-5-1-2-10-21(31)28-22/h3-4,7,9,17,19H,1-2,5-6,8,10-16H2. The van der Waals surface area contributed by atoms with E-state index in [4.69, 9.17) is 4.98 Å². The number of para-hydroxylation sites is 1. The van der Waals surface area contributed by atoms with E-state index >= 15 is 0 Å². The third kappa shape index (κ3) is 3.34. The average molecular weight is 431 g/mol. The molecule has 0 spiro atoms. The summed E-state index contributed by atoms with van der Waals surface area (Å²) in [6, 6.07) is 8.37. The topological polar surface area (TPSA) is 67.2 Å². The molecule has 0 N–H and O–H groups in total. The molecule has 0 unspecified atom stereocenters. The molecule has 3 aliphatic heterocycles. The van der Waals surface area contributed by atoms with Gasteiger partial charge in [-0.05, 0) is 50.2 Å².